The Morgan fingerprint density at radius 3 is 2.40 bits per heavy atom. The Morgan fingerprint density at radius 1 is 1.04 bits per heavy atom. The smallest absolute Gasteiger partial charge is 0.406 e. The molecular formula is C35H43F3N4O7S. The number of alkyl halides is 3. The molecule has 2 aromatic carbocycles. The highest BCUT2D eigenvalue weighted by Crippen LogP contribution is 2.32. The number of likely N-dealkylation sites (tertiary alicyclic amines) is 1. The van der Waals surface area contributed by atoms with Crippen LogP contribution in [0.15, 0.2) is 47.4 Å². The van der Waals surface area contributed by atoms with E-state index in [1.54, 1.807) is 38.1 Å². The topological polar surface area (TPSA) is 128 Å². The number of benzene rings is 2. The summed E-state index contributed by atoms with van der Waals surface area (Å²) < 4.78 is 82.1. The number of fused-ring (bicyclic) bond motifs is 1. The lowest BCUT2D eigenvalue weighted by molar-refractivity contribution is -0.160. The Balaban J connectivity index is 1.46. The van der Waals surface area contributed by atoms with Crippen molar-refractivity contribution in [2.45, 2.75) is 69.3 Å². The summed E-state index contributed by atoms with van der Waals surface area (Å²) in [4.78, 5) is 25.8. The minimum atomic E-state index is -4.48. The lowest BCUT2D eigenvalue weighted by Gasteiger charge is -2.34. The second-order valence-electron chi connectivity index (χ2n) is 12.0. The van der Waals surface area contributed by atoms with Crippen LogP contribution in [0.5, 0.6) is 5.75 Å². The number of nitrogens with one attached hydrogen (secondary N) is 2. The predicted molar refractivity (Wildman–Crippen MR) is 184 cm³/mol. The molecule has 11 nitrogen and oxygen atoms in total. The summed E-state index contributed by atoms with van der Waals surface area (Å²) in [5.74, 6) is 5.31. The molecule has 50 heavy (non-hydrogen) atoms. The Labute approximate surface area is 290 Å². The van der Waals surface area contributed by atoms with Crippen molar-refractivity contribution in [1.29, 1.82) is 0 Å². The number of halogens is 3. The SMILES string of the molecule is CCC(=O)OCC(CN1CCC(Nc2cccc3c2cc(C#CCNc2ccc(S(C)(=O)=O)cc2OC)n3CC(F)(F)F)CC1)OC(=O)CC. The molecule has 1 aliphatic rings. The number of rotatable bonds is 14. The number of nitrogens with zero attached hydrogens (tertiary/aromatic N) is 2. The van der Waals surface area contributed by atoms with Gasteiger partial charge in [0.1, 0.15) is 25.0 Å². The van der Waals surface area contributed by atoms with Gasteiger partial charge in [0, 0.05) is 61.9 Å². The summed E-state index contributed by atoms with van der Waals surface area (Å²) in [6.07, 6.45) is -2.07. The van der Waals surface area contributed by atoms with Gasteiger partial charge in [-0.2, -0.15) is 13.2 Å². The molecule has 1 aromatic heterocycles. The minimum Gasteiger partial charge on any atom is -0.495 e. The van der Waals surface area contributed by atoms with Gasteiger partial charge in [-0.05, 0) is 49.1 Å². The van der Waals surface area contributed by atoms with Crippen LogP contribution < -0.4 is 15.4 Å². The Bertz CT molecular complexity index is 1820. The minimum absolute atomic E-state index is 0.0124. The van der Waals surface area contributed by atoms with E-state index in [4.69, 9.17) is 14.2 Å². The van der Waals surface area contributed by atoms with Crippen molar-refractivity contribution >= 4 is 44.1 Å². The van der Waals surface area contributed by atoms with Gasteiger partial charge < -0.3 is 29.4 Å². The van der Waals surface area contributed by atoms with Crippen LogP contribution in [0, 0.1) is 11.8 Å². The van der Waals surface area contributed by atoms with Crippen LogP contribution in [-0.2, 0) is 35.4 Å². The van der Waals surface area contributed by atoms with Crippen molar-refractivity contribution in [2.24, 2.45) is 0 Å². The molecular weight excluding hydrogens is 677 g/mol. The van der Waals surface area contributed by atoms with Crippen LogP contribution in [0.25, 0.3) is 10.9 Å². The van der Waals surface area contributed by atoms with Gasteiger partial charge in [0.05, 0.1) is 35.4 Å². The zero-order valence-corrected chi connectivity index (χ0v) is 29.4. The molecule has 1 fully saturated rings. The number of piperidine rings is 1. The van der Waals surface area contributed by atoms with Gasteiger partial charge in [-0.1, -0.05) is 25.8 Å². The number of esters is 2. The summed E-state index contributed by atoms with van der Waals surface area (Å²) in [7, 11) is -2.04. The van der Waals surface area contributed by atoms with Gasteiger partial charge in [-0.15, -0.1) is 0 Å². The number of carbonyl (C=O) groups excluding carboxylic acids is 2. The van der Waals surface area contributed by atoms with Crippen molar-refractivity contribution in [3.63, 3.8) is 0 Å². The first kappa shape index (κ1) is 38.4. The third kappa shape index (κ3) is 10.8. The molecule has 0 spiro atoms. The highest BCUT2D eigenvalue weighted by atomic mass is 32.2. The first-order valence-corrected chi connectivity index (χ1v) is 18.2. The van der Waals surface area contributed by atoms with Crippen LogP contribution in [-0.4, -0.2) is 94.3 Å². The van der Waals surface area contributed by atoms with Gasteiger partial charge in [-0.3, -0.25) is 14.5 Å². The molecule has 1 unspecified atom stereocenters. The molecule has 0 amide bonds. The van der Waals surface area contributed by atoms with E-state index in [1.807, 2.05) is 6.07 Å². The van der Waals surface area contributed by atoms with E-state index in [0.29, 0.717) is 47.7 Å². The van der Waals surface area contributed by atoms with E-state index >= 15 is 0 Å². The van der Waals surface area contributed by atoms with E-state index in [9.17, 15) is 31.2 Å². The standard InChI is InChI=1S/C35H43F3N4O7S/c1-5-33(43)48-22-26(49-34(44)6-2)21-41-17-14-24(15-18-41)40-29-10-7-11-31-28(29)19-25(42(31)23-35(36,37)38)9-8-16-39-30-13-12-27(50(4,45)46)20-32(30)47-3/h7,10-13,19-20,24,26,39-40H,5-6,14-18,21-23H2,1-4H3. The second kappa shape index (κ2) is 17.0. The van der Waals surface area contributed by atoms with Crippen LogP contribution in [0.2, 0.25) is 0 Å². The number of hydrogen-bond acceptors (Lipinski definition) is 10. The first-order valence-electron chi connectivity index (χ1n) is 16.3. The average Bonchev–Trinajstić information content (AvgIpc) is 3.42. The largest absolute Gasteiger partial charge is 0.495 e. The quantitative estimate of drug-likeness (QED) is 0.169. The summed E-state index contributed by atoms with van der Waals surface area (Å²) in [5, 5.41) is 7.16. The van der Waals surface area contributed by atoms with Crippen molar-refractivity contribution < 1.29 is 45.4 Å². The number of carbonyl (C=O) groups is 2. The fourth-order valence-corrected chi connectivity index (χ4v) is 6.27. The van der Waals surface area contributed by atoms with Crippen molar-refractivity contribution in [3.05, 3.63) is 48.2 Å². The maximum Gasteiger partial charge on any atom is 0.406 e. The lowest BCUT2D eigenvalue weighted by atomic mass is 10.0. The summed E-state index contributed by atoms with van der Waals surface area (Å²) in [5.41, 5.74) is 1.77. The Hall–Kier alpha value is -4.42. The molecule has 2 N–H and O–H groups in total. The lowest BCUT2D eigenvalue weighted by Crippen LogP contribution is -2.44. The highest BCUT2D eigenvalue weighted by molar-refractivity contribution is 7.90. The fraction of sp³-hybridized carbons (Fsp3) is 0.486. The normalized spacial score (nSPS) is 14.8. The third-order valence-electron chi connectivity index (χ3n) is 8.18. The first-order chi connectivity index (χ1) is 23.7. The summed E-state index contributed by atoms with van der Waals surface area (Å²) >= 11 is 0. The Morgan fingerprint density at radius 2 is 1.76 bits per heavy atom. The number of aromatic nitrogens is 1. The Kier molecular flexibility index (Phi) is 13.0. The molecule has 15 heteroatoms. The molecule has 2 heterocycles. The zero-order valence-electron chi connectivity index (χ0n) is 28.6. The molecule has 0 saturated carbocycles. The summed E-state index contributed by atoms with van der Waals surface area (Å²) in [6, 6.07) is 11.2. The van der Waals surface area contributed by atoms with Crippen LogP contribution in [0.1, 0.15) is 45.2 Å². The number of methoxy groups -OCH3 is 1. The monoisotopic (exact) mass is 720 g/mol. The van der Waals surface area contributed by atoms with Gasteiger partial charge in [0.15, 0.2) is 9.84 Å². The predicted octanol–water partition coefficient (Wildman–Crippen LogP) is 5.23. The number of ether oxygens (including phenoxy) is 3. The van der Waals surface area contributed by atoms with E-state index in [2.05, 4.69) is 27.4 Å². The average molecular weight is 721 g/mol. The third-order valence-corrected chi connectivity index (χ3v) is 9.29. The van der Waals surface area contributed by atoms with Gasteiger partial charge in [0.2, 0.25) is 0 Å². The van der Waals surface area contributed by atoms with Crippen molar-refractivity contribution in [1.82, 2.24) is 9.47 Å². The molecule has 0 aliphatic carbocycles. The fourth-order valence-electron chi connectivity index (χ4n) is 5.63. The van der Waals surface area contributed by atoms with Gasteiger partial charge in [-0.25, -0.2) is 8.42 Å². The van der Waals surface area contributed by atoms with E-state index in [-0.39, 0.29) is 54.6 Å². The van der Waals surface area contributed by atoms with Crippen LogP contribution >= 0.6 is 0 Å². The van der Waals surface area contributed by atoms with Crippen molar-refractivity contribution in [3.8, 4) is 17.6 Å². The highest BCUT2D eigenvalue weighted by Gasteiger charge is 2.30. The maximum absolute atomic E-state index is 13.7. The van der Waals surface area contributed by atoms with E-state index in [1.165, 1.54) is 19.2 Å². The molecule has 0 radical (unpaired) electrons. The zero-order chi connectivity index (χ0) is 36.5. The molecule has 272 valence electrons. The molecule has 1 atom stereocenters. The van der Waals surface area contributed by atoms with Crippen LogP contribution in [0.3, 0.4) is 0 Å². The van der Waals surface area contributed by atoms with Crippen LogP contribution in [0.4, 0.5) is 24.5 Å². The molecule has 0 bridgehead atoms. The van der Waals surface area contributed by atoms with Gasteiger partial charge >= 0.3 is 18.1 Å². The number of hydrogen-bond donors (Lipinski definition) is 2. The molecule has 3 aromatic rings. The second-order valence-corrected chi connectivity index (χ2v) is 14.0. The summed E-state index contributed by atoms with van der Waals surface area (Å²) in [6.45, 7) is 3.99. The van der Waals surface area contributed by atoms with E-state index < -0.39 is 28.7 Å². The molecule has 1 saturated heterocycles. The maximum atomic E-state index is 13.7. The van der Waals surface area contributed by atoms with Crippen molar-refractivity contribution in [2.75, 3.05) is 56.8 Å². The van der Waals surface area contributed by atoms with Gasteiger partial charge in [0.25, 0.3) is 0 Å². The molecule has 4 rings (SSSR count). The van der Waals surface area contributed by atoms with E-state index in [0.717, 1.165) is 23.7 Å². The molecule has 1 aliphatic heterocycles. The number of sulfone groups is 1. The number of anilines is 2.